The first-order valence-electron chi connectivity index (χ1n) is 4.42. The SMILES string of the molecule is CSCC(=O)Nc1ccc(Cl)c(C(N)=O)c1. The minimum atomic E-state index is -0.619. The molecule has 6 heteroatoms. The fraction of sp³-hybridized carbons (Fsp3) is 0.200. The molecule has 0 saturated carbocycles. The summed E-state index contributed by atoms with van der Waals surface area (Å²) in [6.07, 6.45) is 1.83. The third-order valence-corrected chi connectivity index (χ3v) is 2.67. The van der Waals surface area contributed by atoms with Gasteiger partial charge in [0.2, 0.25) is 11.8 Å². The molecular formula is C10H11ClN2O2S. The quantitative estimate of drug-likeness (QED) is 0.864. The average Bonchev–Trinajstić information content (AvgIpc) is 2.21. The Kier molecular flexibility index (Phi) is 4.64. The number of nitrogens with one attached hydrogen (secondary N) is 1. The molecule has 1 aromatic carbocycles. The molecule has 0 aliphatic heterocycles. The van der Waals surface area contributed by atoms with E-state index in [1.807, 2.05) is 6.26 Å². The van der Waals surface area contributed by atoms with Crippen molar-refractivity contribution < 1.29 is 9.59 Å². The van der Waals surface area contributed by atoms with E-state index in [-0.39, 0.29) is 16.5 Å². The van der Waals surface area contributed by atoms with Crippen molar-refractivity contribution in [1.29, 1.82) is 0 Å². The monoisotopic (exact) mass is 258 g/mol. The first kappa shape index (κ1) is 12.9. The number of halogens is 1. The van der Waals surface area contributed by atoms with Crippen LogP contribution in [-0.4, -0.2) is 23.8 Å². The molecule has 3 N–H and O–H groups in total. The van der Waals surface area contributed by atoms with Gasteiger partial charge in [0.05, 0.1) is 16.3 Å². The Balaban J connectivity index is 2.87. The molecule has 0 saturated heterocycles. The third kappa shape index (κ3) is 3.43. The zero-order valence-corrected chi connectivity index (χ0v) is 10.2. The maximum Gasteiger partial charge on any atom is 0.250 e. The van der Waals surface area contributed by atoms with Gasteiger partial charge in [-0.3, -0.25) is 9.59 Å². The Bertz CT molecular complexity index is 423. The minimum absolute atomic E-state index is 0.134. The summed E-state index contributed by atoms with van der Waals surface area (Å²) in [6.45, 7) is 0. The van der Waals surface area contributed by atoms with Gasteiger partial charge < -0.3 is 11.1 Å². The molecule has 0 unspecified atom stereocenters. The van der Waals surface area contributed by atoms with Crippen LogP contribution >= 0.6 is 23.4 Å². The Morgan fingerprint density at radius 3 is 2.75 bits per heavy atom. The number of carbonyl (C=O) groups is 2. The topological polar surface area (TPSA) is 72.2 Å². The van der Waals surface area contributed by atoms with Crippen molar-refractivity contribution in [1.82, 2.24) is 0 Å². The van der Waals surface area contributed by atoms with Crippen molar-refractivity contribution in [3.8, 4) is 0 Å². The van der Waals surface area contributed by atoms with Crippen molar-refractivity contribution in [2.75, 3.05) is 17.3 Å². The molecule has 1 rings (SSSR count). The first-order valence-corrected chi connectivity index (χ1v) is 6.20. The average molecular weight is 259 g/mol. The molecule has 2 amide bonds. The van der Waals surface area contributed by atoms with Gasteiger partial charge in [0.15, 0.2) is 0 Å². The summed E-state index contributed by atoms with van der Waals surface area (Å²) in [5, 5.41) is 2.91. The van der Waals surface area contributed by atoms with Gasteiger partial charge >= 0.3 is 0 Å². The standard InChI is InChI=1S/C10H11ClN2O2S/c1-16-5-9(14)13-6-2-3-8(11)7(4-6)10(12)15/h2-4H,5H2,1H3,(H2,12,15)(H,13,14). The number of anilines is 1. The lowest BCUT2D eigenvalue weighted by atomic mass is 10.2. The van der Waals surface area contributed by atoms with Crippen LogP contribution in [-0.2, 0) is 4.79 Å². The highest BCUT2D eigenvalue weighted by Gasteiger charge is 2.08. The van der Waals surface area contributed by atoms with Crippen molar-refractivity contribution >= 4 is 40.9 Å². The number of amides is 2. The van der Waals surface area contributed by atoms with Crippen molar-refractivity contribution in [3.63, 3.8) is 0 Å². The predicted octanol–water partition coefficient (Wildman–Crippen LogP) is 1.74. The summed E-state index contributed by atoms with van der Waals surface area (Å²) in [4.78, 5) is 22.3. The van der Waals surface area contributed by atoms with E-state index in [1.54, 1.807) is 6.07 Å². The molecule has 0 bridgehead atoms. The van der Waals surface area contributed by atoms with E-state index in [0.29, 0.717) is 11.4 Å². The third-order valence-electron chi connectivity index (χ3n) is 1.79. The molecule has 4 nitrogen and oxygen atoms in total. The van der Waals surface area contributed by atoms with E-state index in [9.17, 15) is 9.59 Å². The fourth-order valence-electron chi connectivity index (χ4n) is 1.12. The highest BCUT2D eigenvalue weighted by molar-refractivity contribution is 7.99. The lowest BCUT2D eigenvalue weighted by Gasteiger charge is -2.06. The Morgan fingerprint density at radius 1 is 1.50 bits per heavy atom. The van der Waals surface area contributed by atoms with Crippen LogP contribution in [0.25, 0.3) is 0 Å². The molecule has 86 valence electrons. The normalized spacial score (nSPS) is 9.88. The largest absolute Gasteiger partial charge is 0.366 e. The van der Waals surface area contributed by atoms with E-state index in [2.05, 4.69) is 5.32 Å². The Hall–Kier alpha value is -1.20. The van der Waals surface area contributed by atoms with E-state index >= 15 is 0 Å². The number of hydrogen-bond acceptors (Lipinski definition) is 3. The maximum absolute atomic E-state index is 11.3. The maximum atomic E-state index is 11.3. The number of carbonyl (C=O) groups excluding carboxylic acids is 2. The highest BCUT2D eigenvalue weighted by Crippen LogP contribution is 2.20. The van der Waals surface area contributed by atoms with Crippen LogP contribution in [0.3, 0.4) is 0 Å². The van der Waals surface area contributed by atoms with Gasteiger partial charge in [-0.1, -0.05) is 11.6 Å². The number of hydrogen-bond donors (Lipinski definition) is 2. The summed E-state index contributed by atoms with van der Waals surface area (Å²) in [6, 6.07) is 4.60. The first-order chi connectivity index (χ1) is 7.54. The van der Waals surface area contributed by atoms with Crippen LogP contribution in [0, 0.1) is 0 Å². The molecular weight excluding hydrogens is 248 g/mol. The zero-order valence-electron chi connectivity index (χ0n) is 8.62. The minimum Gasteiger partial charge on any atom is -0.366 e. The number of primary amides is 1. The molecule has 0 atom stereocenters. The molecule has 0 aromatic heterocycles. The van der Waals surface area contributed by atoms with Gasteiger partial charge in [0, 0.05) is 5.69 Å². The summed E-state index contributed by atoms with van der Waals surface area (Å²) in [5.74, 6) is -0.398. The second kappa shape index (κ2) is 5.77. The Labute approximate surface area is 103 Å². The van der Waals surface area contributed by atoms with Crippen molar-refractivity contribution in [3.05, 3.63) is 28.8 Å². The van der Waals surface area contributed by atoms with E-state index in [1.165, 1.54) is 23.9 Å². The second-order valence-electron chi connectivity index (χ2n) is 3.04. The summed E-state index contributed by atoms with van der Waals surface area (Å²) in [7, 11) is 0. The van der Waals surface area contributed by atoms with Crippen molar-refractivity contribution in [2.45, 2.75) is 0 Å². The van der Waals surface area contributed by atoms with Crippen LogP contribution in [0.4, 0.5) is 5.69 Å². The second-order valence-corrected chi connectivity index (χ2v) is 4.31. The van der Waals surface area contributed by atoms with Gasteiger partial charge in [-0.05, 0) is 24.5 Å². The van der Waals surface area contributed by atoms with Gasteiger partial charge in [-0.25, -0.2) is 0 Å². The summed E-state index contributed by atoms with van der Waals surface area (Å²) >= 11 is 7.18. The van der Waals surface area contributed by atoms with Gasteiger partial charge in [-0.15, -0.1) is 0 Å². The predicted molar refractivity (Wildman–Crippen MR) is 67.0 cm³/mol. The number of rotatable bonds is 4. The highest BCUT2D eigenvalue weighted by atomic mass is 35.5. The lowest BCUT2D eigenvalue weighted by Crippen LogP contribution is -2.16. The van der Waals surface area contributed by atoms with Crippen LogP contribution in [0.1, 0.15) is 10.4 Å². The number of benzene rings is 1. The van der Waals surface area contributed by atoms with E-state index in [0.717, 1.165) is 0 Å². The van der Waals surface area contributed by atoms with Crippen LogP contribution in [0.2, 0.25) is 5.02 Å². The summed E-state index contributed by atoms with van der Waals surface area (Å²) < 4.78 is 0. The molecule has 0 aliphatic rings. The molecule has 0 fully saturated rings. The Morgan fingerprint density at radius 2 is 2.19 bits per heavy atom. The van der Waals surface area contributed by atoms with E-state index in [4.69, 9.17) is 17.3 Å². The fourth-order valence-corrected chi connectivity index (χ4v) is 1.67. The van der Waals surface area contributed by atoms with Crippen LogP contribution in [0.5, 0.6) is 0 Å². The van der Waals surface area contributed by atoms with Crippen LogP contribution < -0.4 is 11.1 Å². The lowest BCUT2D eigenvalue weighted by molar-refractivity contribution is -0.113. The van der Waals surface area contributed by atoms with E-state index < -0.39 is 5.91 Å². The smallest absolute Gasteiger partial charge is 0.250 e. The van der Waals surface area contributed by atoms with Crippen LogP contribution in [0.15, 0.2) is 18.2 Å². The van der Waals surface area contributed by atoms with Crippen molar-refractivity contribution in [2.24, 2.45) is 5.73 Å². The zero-order chi connectivity index (χ0) is 12.1. The number of thioether (sulfide) groups is 1. The molecule has 0 radical (unpaired) electrons. The molecule has 1 aromatic rings. The summed E-state index contributed by atoms with van der Waals surface area (Å²) in [5.41, 5.74) is 5.84. The van der Waals surface area contributed by atoms with Gasteiger partial charge in [0.25, 0.3) is 0 Å². The van der Waals surface area contributed by atoms with Gasteiger partial charge in [-0.2, -0.15) is 11.8 Å². The molecule has 0 spiro atoms. The molecule has 16 heavy (non-hydrogen) atoms. The molecule has 0 heterocycles. The number of nitrogens with two attached hydrogens (primary N) is 1. The molecule has 0 aliphatic carbocycles. The van der Waals surface area contributed by atoms with Gasteiger partial charge in [0.1, 0.15) is 0 Å².